The summed E-state index contributed by atoms with van der Waals surface area (Å²) in [6.07, 6.45) is 2.79. The van der Waals surface area contributed by atoms with Crippen LogP contribution in [0.2, 0.25) is 0 Å². The van der Waals surface area contributed by atoms with Gasteiger partial charge in [0.15, 0.2) is 9.84 Å². The van der Waals surface area contributed by atoms with E-state index < -0.39 is 21.7 Å². The number of pyridine rings is 3. The second kappa shape index (κ2) is 11.5. The summed E-state index contributed by atoms with van der Waals surface area (Å²) < 4.78 is 30.0. The smallest absolute Gasteiger partial charge is 0.251 e. The Morgan fingerprint density at radius 2 is 1.74 bits per heavy atom. The number of sulfone groups is 1. The Morgan fingerprint density at radius 1 is 1.00 bits per heavy atom. The number of amides is 2. The van der Waals surface area contributed by atoms with E-state index in [1.165, 1.54) is 6.07 Å². The summed E-state index contributed by atoms with van der Waals surface area (Å²) in [4.78, 5) is 41.2. The molecule has 218 valence electrons. The number of carbonyl (C=O) groups excluding carboxylic acids is 2. The Hall–Kier alpha value is -4.42. The lowest BCUT2D eigenvalue weighted by atomic mass is 10.1. The van der Waals surface area contributed by atoms with Crippen LogP contribution in [-0.4, -0.2) is 66.7 Å². The SMILES string of the molecule is Cc1ccc(C(=O)NCc2cc3nc(-c4cc(C(N)=O)cc(N5C[C@@H](C)O[C@@H](C)C5)n4)ccc3cn2)cc1S(C)(=O)=O. The molecule has 2 amide bonds. The zero-order chi connectivity index (χ0) is 30.2. The first kappa shape index (κ1) is 29.1. The van der Waals surface area contributed by atoms with Crippen LogP contribution in [0.1, 0.15) is 45.8 Å². The third kappa shape index (κ3) is 6.39. The van der Waals surface area contributed by atoms with Crippen molar-refractivity contribution >= 4 is 38.4 Å². The number of ether oxygens (including phenoxy) is 1. The highest BCUT2D eigenvalue weighted by Crippen LogP contribution is 2.26. The van der Waals surface area contributed by atoms with E-state index in [0.717, 1.165) is 11.6 Å². The van der Waals surface area contributed by atoms with Crippen LogP contribution in [0.15, 0.2) is 59.6 Å². The fourth-order valence-electron chi connectivity index (χ4n) is 5.03. The first-order chi connectivity index (χ1) is 19.9. The molecule has 1 aliphatic heterocycles. The van der Waals surface area contributed by atoms with Gasteiger partial charge < -0.3 is 20.7 Å². The van der Waals surface area contributed by atoms with Gasteiger partial charge in [-0.1, -0.05) is 6.07 Å². The van der Waals surface area contributed by atoms with Crippen molar-refractivity contribution in [2.45, 2.75) is 44.4 Å². The fraction of sp³-hybridized carbons (Fsp3) is 0.300. The van der Waals surface area contributed by atoms with Crippen molar-refractivity contribution in [3.63, 3.8) is 0 Å². The summed E-state index contributed by atoms with van der Waals surface area (Å²) in [5.74, 6) is -0.358. The van der Waals surface area contributed by atoms with E-state index in [1.807, 2.05) is 26.0 Å². The first-order valence-corrected chi connectivity index (χ1v) is 15.3. The number of nitrogens with two attached hydrogens (primary N) is 1. The molecule has 0 aliphatic carbocycles. The number of hydrogen-bond acceptors (Lipinski definition) is 9. The molecule has 5 rings (SSSR count). The highest BCUT2D eigenvalue weighted by Gasteiger charge is 2.24. The monoisotopic (exact) mass is 588 g/mol. The van der Waals surface area contributed by atoms with Crippen LogP contribution in [0.5, 0.6) is 0 Å². The van der Waals surface area contributed by atoms with Gasteiger partial charge in [-0.25, -0.2) is 18.4 Å². The summed E-state index contributed by atoms with van der Waals surface area (Å²) in [6.45, 7) is 7.03. The number of nitrogens with zero attached hydrogens (tertiary/aromatic N) is 4. The summed E-state index contributed by atoms with van der Waals surface area (Å²) in [6, 6.07) is 13.3. The maximum absolute atomic E-state index is 12.8. The van der Waals surface area contributed by atoms with Gasteiger partial charge in [0.25, 0.3) is 5.91 Å². The molecular weight excluding hydrogens is 556 g/mol. The van der Waals surface area contributed by atoms with Crippen molar-refractivity contribution in [1.29, 1.82) is 0 Å². The molecule has 1 saturated heterocycles. The van der Waals surface area contributed by atoms with Gasteiger partial charge in [0.2, 0.25) is 5.91 Å². The molecule has 4 heterocycles. The molecule has 3 N–H and O–H groups in total. The molecule has 4 aromatic rings. The number of aryl methyl sites for hydroxylation is 1. The minimum atomic E-state index is -3.47. The number of benzene rings is 1. The summed E-state index contributed by atoms with van der Waals surface area (Å²) in [5, 5.41) is 3.58. The Morgan fingerprint density at radius 3 is 2.43 bits per heavy atom. The Balaban J connectivity index is 1.41. The number of hydrogen-bond donors (Lipinski definition) is 2. The van der Waals surface area contributed by atoms with E-state index in [0.29, 0.717) is 52.6 Å². The fourth-order valence-corrected chi connectivity index (χ4v) is 6.02. The van der Waals surface area contributed by atoms with Crippen molar-refractivity contribution in [3.05, 3.63) is 77.1 Å². The molecule has 0 saturated carbocycles. The number of fused-ring (bicyclic) bond motifs is 1. The number of morpholine rings is 1. The van der Waals surface area contributed by atoms with E-state index in [9.17, 15) is 18.0 Å². The molecule has 0 radical (unpaired) electrons. The highest BCUT2D eigenvalue weighted by atomic mass is 32.2. The highest BCUT2D eigenvalue weighted by molar-refractivity contribution is 7.90. The molecule has 12 heteroatoms. The van der Waals surface area contributed by atoms with E-state index in [-0.39, 0.29) is 29.2 Å². The van der Waals surface area contributed by atoms with Crippen molar-refractivity contribution in [2.75, 3.05) is 24.2 Å². The van der Waals surface area contributed by atoms with Crippen LogP contribution in [0.25, 0.3) is 22.3 Å². The van der Waals surface area contributed by atoms with E-state index >= 15 is 0 Å². The van der Waals surface area contributed by atoms with Crippen molar-refractivity contribution in [2.24, 2.45) is 5.73 Å². The third-order valence-corrected chi connectivity index (χ3v) is 8.25. The minimum Gasteiger partial charge on any atom is -0.372 e. The van der Waals surface area contributed by atoms with Crippen molar-refractivity contribution in [1.82, 2.24) is 20.3 Å². The summed E-state index contributed by atoms with van der Waals surface area (Å²) in [5.41, 5.74) is 9.04. The molecule has 1 aromatic carbocycles. The zero-order valence-electron chi connectivity index (χ0n) is 23.8. The topological polar surface area (TPSA) is 157 Å². The number of primary amides is 1. The van der Waals surface area contributed by atoms with Crippen LogP contribution in [0.4, 0.5) is 5.82 Å². The van der Waals surface area contributed by atoms with Crippen LogP contribution in [0, 0.1) is 6.92 Å². The lowest BCUT2D eigenvalue weighted by molar-refractivity contribution is -0.00545. The molecule has 0 bridgehead atoms. The maximum atomic E-state index is 12.8. The molecule has 42 heavy (non-hydrogen) atoms. The van der Waals surface area contributed by atoms with E-state index in [2.05, 4.69) is 15.2 Å². The number of nitrogens with one attached hydrogen (secondary N) is 1. The normalized spacial score (nSPS) is 17.3. The second-order valence-electron chi connectivity index (χ2n) is 10.6. The quantitative estimate of drug-likeness (QED) is 0.331. The van der Waals surface area contributed by atoms with Gasteiger partial charge in [-0.3, -0.25) is 14.6 Å². The number of anilines is 1. The molecule has 0 unspecified atom stereocenters. The van der Waals surface area contributed by atoms with Gasteiger partial charge in [-0.15, -0.1) is 0 Å². The molecule has 2 atom stereocenters. The van der Waals surface area contributed by atoms with Gasteiger partial charge in [0.1, 0.15) is 5.82 Å². The van der Waals surface area contributed by atoms with Gasteiger partial charge in [-0.2, -0.15) is 0 Å². The molecule has 3 aromatic heterocycles. The van der Waals surface area contributed by atoms with E-state index in [4.69, 9.17) is 20.4 Å². The van der Waals surface area contributed by atoms with Crippen molar-refractivity contribution in [3.8, 4) is 11.4 Å². The maximum Gasteiger partial charge on any atom is 0.251 e. The molecule has 1 aliphatic rings. The van der Waals surface area contributed by atoms with Gasteiger partial charge in [0, 0.05) is 42.1 Å². The molecule has 11 nitrogen and oxygen atoms in total. The first-order valence-electron chi connectivity index (χ1n) is 13.4. The standard InChI is InChI=1S/C30H32N6O5S/c1-17-5-6-20(10-27(17)42(4,39)40)30(38)33-14-23-12-25-21(13-32-23)7-8-24(34-25)26-9-22(29(31)37)11-28(35-26)36-15-18(2)41-19(3)16-36/h5-13,18-19H,14-16H2,1-4H3,(H2,31,37)(H,33,38)/t18-,19+. The number of carbonyl (C=O) groups is 2. The Kier molecular flexibility index (Phi) is 7.93. The third-order valence-electron chi connectivity index (χ3n) is 7.01. The minimum absolute atomic E-state index is 0.00850. The van der Waals surface area contributed by atoms with Crippen LogP contribution >= 0.6 is 0 Å². The number of aromatic nitrogens is 3. The molecular formula is C30H32N6O5S. The van der Waals surface area contributed by atoms with Gasteiger partial charge in [-0.05, 0) is 68.8 Å². The number of rotatable bonds is 7. The second-order valence-corrected chi connectivity index (χ2v) is 12.6. The lowest BCUT2D eigenvalue weighted by Gasteiger charge is -2.36. The predicted octanol–water partition coefficient (Wildman–Crippen LogP) is 3.05. The Labute approximate surface area is 244 Å². The molecule has 0 spiro atoms. The zero-order valence-corrected chi connectivity index (χ0v) is 24.6. The van der Waals surface area contributed by atoms with Gasteiger partial charge >= 0.3 is 0 Å². The molecule has 1 fully saturated rings. The van der Waals surface area contributed by atoms with Crippen molar-refractivity contribution < 1.29 is 22.7 Å². The Bertz CT molecular complexity index is 1800. The van der Waals surface area contributed by atoms with Crippen LogP contribution in [-0.2, 0) is 21.1 Å². The summed E-state index contributed by atoms with van der Waals surface area (Å²) >= 11 is 0. The van der Waals surface area contributed by atoms with Gasteiger partial charge in [0.05, 0.1) is 46.2 Å². The average Bonchev–Trinajstić information content (AvgIpc) is 2.94. The predicted molar refractivity (Wildman–Crippen MR) is 159 cm³/mol. The van der Waals surface area contributed by atoms with Crippen LogP contribution in [0.3, 0.4) is 0 Å². The largest absolute Gasteiger partial charge is 0.372 e. The lowest BCUT2D eigenvalue weighted by Crippen LogP contribution is -2.46. The van der Waals surface area contributed by atoms with Crippen LogP contribution < -0.4 is 16.0 Å². The summed E-state index contributed by atoms with van der Waals surface area (Å²) in [7, 11) is -3.47. The van der Waals surface area contributed by atoms with E-state index in [1.54, 1.807) is 43.5 Å². The average molecular weight is 589 g/mol.